The van der Waals surface area contributed by atoms with Gasteiger partial charge in [0.05, 0.1) is 0 Å². The van der Waals surface area contributed by atoms with E-state index in [9.17, 15) is 0 Å². The number of nitrogens with two attached hydrogens (primary N) is 1. The van der Waals surface area contributed by atoms with E-state index in [0.717, 1.165) is 5.16 Å². The van der Waals surface area contributed by atoms with E-state index >= 15 is 0 Å². The van der Waals surface area contributed by atoms with Crippen LogP contribution in [0.5, 0.6) is 0 Å². The minimum Gasteiger partial charge on any atom is -0.326 e. The van der Waals surface area contributed by atoms with E-state index in [4.69, 9.17) is 5.73 Å². The van der Waals surface area contributed by atoms with Crippen LogP contribution in [-0.2, 0) is 6.54 Å². The average Bonchev–Trinajstić information content (AvgIpc) is 3.39. The van der Waals surface area contributed by atoms with Crippen LogP contribution in [0.2, 0.25) is 0 Å². The molecule has 0 unspecified atom stereocenters. The number of hydrogen-bond acceptors (Lipinski definition) is 4. The summed E-state index contributed by atoms with van der Waals surface area (Å²) in [5.74, 6) is 1.88. The minimum absolute atomic E-state index is 0.598. The van der Waals surface area contributed by atoms with Crippen molar-refractivity contribution in [3.8, 4) is 0 Å². The average molecular weight is 300 g/mol. The Bertz CT molecular complexity index is 671. The van der Waals surface area contributed by atoms with Crippen LogP contribution in [0.25, 0.3) is 0 Å². The van der Waals surface area contributed by atoms with E-state index < -0.39 is 0 Å². The van der Waals surface area contributed by atoms with Gasteiger partial charge in [0.15, 0.2) is 5.16 Å². The summed E-state index contributed by atoms with van der Waals surface area (Å²) < 4.78 is 2.40. The molecule has 5 heteroatoms. The van der Waals surface area contributed by atoms with E-state index in [-0.39, 0.29) is 0 Å². The normalized spacial score (nSPS) is 18.2. The number of aromatic nitrogens is 3. The van der Waals surface area contributed by atoms with Gasteiger partial charge >= 0.3 is 0 Å². The Kier molecular flexibility index (Phi) is 3.27. The van der Waals surface area contributed by atoms with Crippen LogP contribution >= 0.6 is 11.8 Å². The molecular weight excluding hydrogens is 280 g/mol. The van der Waals surface area contributed by atoms with Crippen LogP contribution in [0.3, 0.4) is 0 Å². The summed E-state index contributed by atoms with van der Waals surface area (Å²) in [5.41, 5.74) is 8.20. The highest BCUT2D eigenvalue weighted by Gasteiger charge is 2.36. The van der Waals surface area contributed by atoms with Crippen LogP contribution in [0, 0.1) is 6.92 Å². The third-order valence-corrected chi connectivity index (χ3v) is 5.24. The molecule has 21 heavy (non-hydrogen) atoms. The van der Waals surface area contributed by atoms with Crippen molar-refractivity contribution < 1.29 is 0 Å². The lowest BCUT2D eigenvalue weighted by Crippen LogP contribution is -2.02. The lowest BCUT2D eigenvalue weighted by Gasteiger charge is -2.09. The van der Waals surface area contributed by atoms with Gasteiger partial charge in [-0.15, -0.1) is 10.2 Å². The molecule has 0 aliphatic heterocycles. The highest BCUT2D eigenvalue weighted by Crippen LogP contribution is 2.46. The summed E-state index contributed by atoms with van der Waals surface area (Å²) in [6, 6.07) is 7.11. The summed E-state index contributed by atoms with van der Waals surface area (Å²) in [6.07, 6.45) is 5.10. The summed E-state index contributed by atoms with van der Waals surface area (Å²) in [5, 5.41) is 9.98. The van der Waals surface area contributed by atoms with Crippen molar-refractivity contribution >= 4 is 11.8 Å². The van der Waals surface area contributed by atoms with Crippen molar-refractivity contribution in [2.45, 2.75) is 61.2 Å². The molecule has 1 aromatic carbocycles. The second-order valence-electron chi connectivity index (χ2n) is 6.11. The zero-order chi connectivity index (χ0) is 14.4. The Labute approximate surface area is 129 Å². The summed E-state index contributed by atoms with van der Waals surface area (Å²) in [7, 11) is 0. The molecule has 2 saturated carbocycles. The number of aryl methyl sites for hydroxylation is 1. The van der Waals surface area contributed by atoms with E-state index in [2.05, 4.69) is 39.9 Å². The SMILES string of the molecule is Cc1cc(Sc2nnc(C3CC3)n2C2CC2)ccc1CN. The second kappa shape index (κ2) is 5.14. The summed E-state index contributed by atoms with van der Waals surface area (Å²) >= 11 is 1.73. The van der Waals surface area contributed by atoms with Gasteiger partial charge in [-0.2, -0.15) is 0 Å². The molecule has 0 atom stereocenters. The third kappa shape index (κ3) is 2.60. The molecule has 4 rings (SSSR count). The molecule has 2 aromatic rings. The van der Waals surface area contributed by atoms with E-state index in [0.29, 0.717) is 18.5 Å². The highest BCUT2D eigenvalue weighted by molar-refractivity contribution is 7.99. The second-order valence-corrected chi connectivity index (χ2v) is 7.15. The summed E-state index contributed by atoms with van der Waals surface area (Å²) in [4.78, 5) is 1.22. The molecule has 1 aromatic heterocycles. The maximum atomic E-state index is 5.74. The smallest absolute Gasteiger partial charge is 0.196 e. The van der Waals surface area contributed by atoms with Crippen molar-refractivity contribution in [3.63, 3.8) is 0 Å². The summed E-state index contributed by atoms with van der Waals surface area (Å²) in [6.45, 7) is 2.72. The Morgan fingerprint density at radius 1 is 1.24 bits per heavy atom. The Morgan fingerprint density at radius 2 is 2.05 bits per heavy atom. The van der Waals surface area contributed by atoms with Crippen LogP contribution < -0.4 is 5.73 Å². The predicted molar refractivity (Wildman–Crippen MR) is 83.5 cm³/mol. The van der Waals surface area contributed by atoms with Gasteiger partial charge in [0.2, 0.25) is 0 Å². The van der Waals surface area contributed by atoms with Crippen molar-refractivity contribution in [3.05, 3.63) is 35.2 Å². The van der Waals surface area contributed by atoms with Crippen molar-refractivity contribution in [1.29, 1.82) is 0 Å². The fourth-order valence-corrected chi connectivity index (χ4v) is 3.73. The first-order valence-electron chi connectivity index (χ1n) is 7.68. The molecule has 2 fully saturated rings. The Hall–Kier alpha value is -1.33. The number of benzene rings is 1. The number of rotatable bonds is 5. The van der Waals surface area contributed by atoms with Gasteiger partial charge in [0.25, 0.3) is 0 Å². The standard InChI is InChI=1S/C16H20N4S/c1-10-8-14(7-4-12(10)9-17)21-16-19-18-15(11-2-3-11)20(16)13-5-6-13/h4,7-8,11,13H,2-3,5-6,9,17H2,1H3. The first-order chi connectivity index (χ1) is 10.3. The lowest BCUT2D eigenvalue weighted by atomic mass is 10.1. The minimum atomic E-state index is 0.598. The fourth-order valence-electron chi connectivity index (χ4n) is 2.72. The van der Waals surface area contributed by atoms with E-state index in [1.807, 2.05) is 0 Å². The lowest BCUT2D eigenvalue weighted by molar-refractivity contribution is 0.627. The van der Waals surface area contributed by atoms with E-state index in [1.165, 1.54) is 47.5 Å². The fraction of sp³-hybridized carbons (Fsp3) is 0.500. The maximum absolute atomic E-state index is 5.74. The predicted octanol–water partition coefficient (Wildman–Crippen LogP) is 3.41. The molecule has 2 aliphatic carbocycles. The maximum Gasteiger partial charge on any atom is 0.196 e. The molecule has 1 heterocycles. The molecule has 0 saturated heterocycles. The van der Waals surface area contributed by atoms with Gasteiger partial charge in [-0.05, 0) is 67.6 Å². The van der Waals surface area contributed by atoms with Crippen molar-refractivity contribution in [2.75, 3.05) is 0 Å². The van der Waals surface area contributed by atoms with Crippen LogP contribution in [-0.4, -0.2) is 14.8 Å². The van der Waals surface area contributed by atoms with Crippen molar-refractivity contribution in [1.82, 2.24) is 14.8 Å². The number of nitrogens with zero attached hydrogens (tertiary/aromatic N) is 3. The van der Waals surface area contributed by atoms with Gasteiger partial charge in [-0.3, -0.25) is 0 Å². The Morgan fingerprint density at radius 3 is 2.67 bits per heavy atom. The Balaban J connectivity index is 1.63. The molecular formula is C16H20N4S. The molecule has 2 aliphatic rings. The van der Waals surface area contributed by atoms with Crippen LogP contribution in [0.15, 0.2) is 28.3 Å². The number of hydrogen-bond donors (Lipinski definition) is 1. The van der Waals surface area contributed by atoms with Crippen LogP contribution in [0.1, 0.15) is 54.6 Å². The molecule has 4 nitrogen and oxygen atoms in total. The zero-order valence-corrected chi connectivity index (χ0v) is 13.1. The quantitative estimate of drug-likeness (QED) is 0.919. The zero-order valence-electron chi connectivity index (χ0n) is 12.2. The van der Waals surface area contributed by atoms with Gasteiger partial charge in [0, 0.05) is 23.4 Å². The first kappa shape index (κ1) is 13.3. The topological polar surface area (TPSA) is 56.7 Å². The molecule has 0 radical (unpaired) electrons. The molecule has 110 valence electrons. The highest BCUT2D eigenvalue weighted by atomic mass is 32.2. The molecule has 0 bridgehead atoms. The third-order valence-electron chi connectivity index (χ3n) is 4.29. The molecule has 0 amide bonds. The van der Waals surface area contributed by atoms with E-state index in [1.54, 1.807) is 11.8 Å². The molecule has 0 spiro atoms. The van der Waals surface area contributed by atoms with Crippen LogP contribution in [0.4, 0.5) is 0 Å². The van der Waals surface area contributed by atoms with Gasteiger partial charge in [-0.1, -0.05) is 6.07 Å². The monoisotopic (exact) mass is 300 g/mol. The van der Waals surface area contributed by atoms with Gasteiger partial charge in [-0.25, -0.2) is 0 Å². The first-order valence-corrected chi connectivity index (χ1v) is 8.50. The molecule has 2 N–H and O–H groups in total. The van der Waals surface area contributed by atoms with Crippen molar-refractivity contribution in [2.24, 2.45) is 5.73 Å². The largest absolute Gasteiger partial charge is 0.326 e. The van der Waals surface area contributed by atoms with Gasteiger partial charge in [0.1, 0.15) is 5.82 Å². The van der Waals surface area contributed by atoms with Gasteiger partial charge < -0.3 is 10.3 Å².